The smallest absolute Gasteiger partial charge is 0.222 e. The highest BCUT2D eigenvalue weighted by molar-refractivity contribution is 5.76. The lowest BCUT2D eigenvalue weighted by Gasteiger charge is -2.45. The summed E-state index contributed by atoms with van der Waals surface area (Å²) < 4.78 is 1.80. The number of aromatic nitrogens is 2. The SMILES string of the molecule is NC1CC2CCCC(C1)C2NC(=O)CCn1cccn1. The van der Waals surface area contributed by atoms with Crippen LogP contribution >= 0.6 is 0 Å². The first kappa shape index (κ1) is 13.6. The highest BCUT2D eigenvalue weighted by Gasteiger charge is 2.39. The molecule has 2 atom stereocenters. The van der Waals surface area contributed by atoms with Crippen LogP contribution in [0.1, 0.15) is 38.5 Å². The molecule has 20 heavy (non-hydrogen) atoms. The Balaban J connectivity index is 1.53. The van der Waals surface area contributed by atoms with Gasteiger partial charge in [0, 0.05) is 37.4 Å². The summed E-state index contributed by atoms with van der Waals surface area (Å²) >= 11 is 0. The highest BCUT2D eigenvalue weighted by Crippen LogP contribution is 2.39. The molecule has 1 amide bonds. The van der Waals surface area contributed by atoms with Gasteiger partial charge >= 0.3 is 0 Å². The lowest BCUT2D eigenvalue weighted by molar-refractivity contribution is -0.123. The van der Waals surface area contributed by atoms with Gasteiger partial charge in [-0.15, -0.1) is 0 Å². The lowest BCUT2D eigenvalue weighted by Crippen LogP contribution is -2.53. The Morgan fingerprint density at radius 3 is 2.75 bits per heavy atom. The molecule has 1 aromatic rings. The van der Waals surface area contributed by atoms with Crippen molar-refractivity contribution in [1.29, 1.82) is 0 Å². The number of rotatable bonds is 4. The molecule has 2 aliphatic rings. The second-order valence-corrected chi connectivity index (χ2v) is 6.29. The fraction of sp³-hybridized carbons (Fsp3) is 0.733. The third kappa shape index (κ3) is 3.03. The summed E-state index contributed by atoms with van der Waals surface area (Å²) in [5.41, 5.74) is 6.12. The van der Waals surface area contributed by atoms with Crippen molar-refractivity contribution in [2.75, 3.05) is 0 Å². The van der Waals surface area contributed by atoms with Crippen LogP contribution in [0.15, 0.2) is 18.5 Å². The van der Waals surface area contributed by atoms with E-state index in [0.29, 0.717) is 36.9 Å². The molecule has 3 N–H and O–H groups in total. The minimum atomic E-state index is 0.151. The zero-order chi connectivity index (χ0) is 13.9. The van der Waals surface area contributed by atoms with E-state index in [-0.39, 0.29) is 5.91 Å². The lowest BCUT2D eigenvalue weighted by atomic mass is 9.67. The summed E-state index contributed by atoms with van der Waals surface area (Å²) in [6.45, 7) is 0.653. The fourth-order valence-corrected chi connectivity index (χ4v) is 3.93. The van der Waals surface area contributed by atoms with Gasteiger partial charge in [-0.3, -0.25) is 9.48 Å². The second kappa shape index (κ2) is 5.95. The maximum Gasteiger partial charge on any atom is 0.222 e. The third-order valence-electron chi connectivity index (χ3n) is 4.83. The van der Waals surface area contributed by atoms with E-state index in [0.717, 1.165) is 12.8 Å². The molecule has 1 aromatic heterocycles. The molecule has 5 heteroatoms. The van der Waals surface area contributed by atoms with Crippen LogP contribution in [0.3, 0.4) is 0 Å². The largest absolute Gasteiger partial charge is 0.353 e. The van der Waals surface area contributed by atoms with Gasteiger partial charge in [0.2, 0.25) is 5.91 Å². The van der Waals surface area contributed by atoms with Gasteiger partial charge < -0.3 is 11.1 Å². The summed E-state index contributed by atoms with van der Waals surface area (Å²) in [6, 6.07) is 2.57. The Kier molecular flexibility index (Phi) is 4.05. The van der Waals surface area contributed by atoms with Crippen molar-refractivity contribution in [1.82, 2.24) is 15.1 Å². The summed E-state index contributed by atoms with van der Waals surface area (Å²) in [5, 5.41) is 7.39. The molecular formula is C15H24N4O. The number of nitrogens with one attached hydrogen (secondary N) is 1. The molecule has 2 unspecified atom stereocenters. The van der Waals surface area contributed by atoms with E-state index in [1.165, 1.54) is 19.3 Å². The molecule has 3 rings (SSSR count). The normalized spacial score (nSPS) is 32.9. The van der Waals surface area contributed by atoms with E-state index < -0.39 is 0 Å². The molecular weight excluding hydrogens is 252 g/mol. The quantitative estimate of drug-likeness (QED) is 0.870. The van der Waals surface area contributed by atoms with E-state index in [2.05, 4.69) is 10.4 Å². The molecule has 0 aromatic carbocycles. The number of carbonyl (C=O) groups is 1. The second-order valence-electron chi connectivity index (χ2n) is 6.29. The minimum absolute atomic E-state index is 0.151. The Morgan fingerprint density at radius 1 is 1.35 bits per heavy atom. The number of aryl methyl sites for hydroxylation is 1. The number of amides is 1. The van der Waals surface area contributed by atoms with Gasteiger partial charge in [0.05, 0.1) is 0 Å². The van der Waals surface area contributed by atoms with Crippen LogP contribution in [0.2, 0.25) is 0 Å². The number of nitrogens with zero attached hydrogens (tertiary/aromatic N) is 2. The predicted molar refractivity (Wildman–Crippen MR) is 76.8 cm³/mol. The third-order valence-corrected chi connectivity index (χ3v) is 4.83. The van der Waals surface area contributed by atoms with Crippen LogP contribution in [0.5, 0.6) is 0 Å². The van der Waals surface area contributed by atoms with Gasteiger partial charge in [0.1, 0.15) is 0 Å². The summed E-state index contributed by atoms with van der Waals surface area (Å²) in [5.74, 6) is 1.33. The monoisotopic (exact) mass is 276 g/mol. The zero-order valence-electron chi connectivity index (χ0n) is 11.9. The number of nitrogens with two attached hydrogens (primary N) is 1. The van der Waals surface area contributed by atoms with Crippen molar-refractivity contribution in [3.8, 4) is 0 Å². The van der Waals surface area contributed by atoms with Crippen molar-refractivity contribution in [2.45, 2.75) is 57.2 Å². The Bertz CT molecular complexity index is 431. The van der Waals surface area contributed by atoms with Crippen molar-refractivity contribution in [3.05, 3.63) is 18.5 Å². The molecule has 2 saturated carbocycles. The van der Waals surface area contributed by atoms with Gasteiger partial charge in [-0.05, 0) is 43.6 Å². The van der Waals surface area contributed by atoms with Gasteiger partial charge in [-0.25, -0.2) is 0 Å². The average molecular weight is 276 g/mol. The van der Waals surface area contributed by atoms with Crippen molar-refractivity contribution in [3.63, 3.8) is 0 Å². The average Bonchev–Trinajstić information content (AvgIpc) is 2.91. The summed E-state index contributed by atoms with van der Waals surface area (Å²) in [4.78, 5) is 12.1. The van der Waals surface area contributed by atoms with Crippen LogP contribution in [0.25, 0.3) is 0 Å². The van der Waals surface area contributed by atoms with Crippen molar-refractivity contribution >= 4 is 5.91 Å². The van der Waals surface area contributed by atoms with Gasteiger partial charge in [-0.2, -0.15) is 5.10 Å². The molecule has 2 fully saturated rings. The summed E-state index contributed by atoms with van der Waals surface area (Å²) in [7, 11) is 0. The fourth-order valence-electron chi connectivity index (χ4n) is 3.93. The topological polar surface area (TPSA) is 72.9 Å². The first-order chi connectivity index (χ1) is 9.72. The molecule has 0 saturated heterocycles. The molecule has 2 bridgehead atoms. The van der Waals surface area contributed by atoms with Crippen LogP contribution in [-0.2, 0) is 11.3 Å². The molecule has 0 radical (unpaired) electrons. The first-order valence-electron chi connectivity index (χ1n) is 7.75. The predicted octanol–water partition coefficient (Wildman–Crippen LogP) is 1.30. The Labute approximate surface area is 119 Å². The molecule has 110 valence electrons. The van der Waals surface area contributed by atoms with Gasteiger partial charge in [0.25, 0.3) is 0 Å². The molecule has 5 nitrogen and oxygen atoms in total. The zero-order valence-corrected chi connectivity index (χ0v) is 11.9. The molecule has 0 aliphatic heterocycles. The van der Waals surface area contributed by atoms with E-state index in [1.54, 1.807) is 10.9 Å². The number of carbonyl (C=O) groups excluding carboxylic acids is 1. The standard InChI is InChI=1S/C15H24N4O/c16-13-9-11-3-1-4-12(10-13)15(11)18-14(20)5-8-19-7-2-6-17-19/h2,6-7,11-13,15H,1,3-5,8-10,16H2,(H,18,20). The number of hydrogen-bond donors (Lipinski definition) is 2. The number of hydrogen-bond acceptors (Lipinski definition) is 3. The van der Waals surface area contributed by atoms with Crippen LogP contribution in [-0.4, -0.2) is 27.8 Å². The maximum absolute atomic E-state index is 12.1. The van der Waals surface area contributed by atoms with Gasteiger partial charge in [0.15, 0.2) is 0 Å². The first-order valence-corrected chi connectivity index (χ1v) is 7.75. The van der Waals surface area contributed by atoms with E-state index in [4.69, 9.17) is 5.73 Å². The van der Waals surface area contributed by atoms with E-state index in [9.17, 15) is 4.79 Å². The minimum Gasteiger partial charge on any atom is -0.353 e. The van der Waals surface area contributed by atoms with Crippen LogP contribution in [0.4, 0.5) is 0 Å². The Hall–Kier alpha value is -1.36. The van der Waals surface area contributed by atoms with Crippen LogP contribution < -0.4 is 11.1 Å². The maximum atomic E-state index is 12.1. The molecule has 1 heterocycles. The van der Waals surface area contributed by atoms with Crippen LogP contribution in [0, 0.1) is 11.8 Å². The highest BCUT2D eigenvalue weighted by atomic mass is 16.1. The van der Waals surface area contributed by atoms with E-state index >= 15 is 0 Å². The van der Waals surface area contributed by atoms with E-state index in [1.807, 2.05) is 12.3 Å². The Morgan fingerprint density at radius 2 is 2.10 bits per heavy atom. The van der Waals surface area contributed by atoms with Crippen molar-refractivity contribution in [2.24, 2.45) is 17.6 Å². The summed E-state index contributed by atoms with van der Waals surface area (Å²) in [6.07, 6.45) is 10.0. The molecule has 2 aliphatic carbocycles. The van der Waals surface area contributed by atoms with Crippen molar-refractivity contribution < 1.29 is 4.79 Å². The molecule has 0 spiro atoms. The van der Waals surface area contributed by atoms with Gasteiger partial charge in [-0.1, -0.05) is 6.42 Å². The number of fused-ring (bicyclic) bond motifs is 2.